The number of aromatic nitrogens is 2. The molecule has 0 fully saturated rings. The fraction of sp³-hybridized carbons (Fsp3) is 0.308. The first kappa shape index (κ1) is 13.2. The van der Waals surface area contributed by atoms with E-state index in [1.807, 2.05) is 13.8 Å². The normalized spacial score (nSPS) is 11.8. The second kappa shape index (κ2) is 4.82. The number of para-hydroxylation sites is 1. The number of halogens is 2. The van der Waals surface area contributed by atoms with Crippen LogP contribution in [0, 0.1) is 5.82 Å². The van der Waals surface area contributed by atoms with Gasteiger partial charge in [0.05, 0.1) is 10.2 Å². The molecule has 2 rings (SSSR count). The summed E-state index contributed by atoms with van der Waals surface area (Å²) < 4.78 is 16.1. The minimum absolute atomic E-state index is 0.255. The average Bonchev–Trinajstić information content (AvgIpc) is 2.72. The summed E-state index contributed by atoms with van der Waals surface area (Å²) in [4.78, 5) is 0. The lowest BCUT2D eigenvalue weighted by Crippen LogP contribution is -2.29. The Hall–Kier alpha value is -1.20. The van der Waals surface area contributed by atoms with Crippen LogP contribution >= 0.6 is 15.9 Å². The van der Waals surface area contributed by atoms with Gasteiger partial charge in [-0.25, -0.2) is 9.07 Å². The van der Waals surface area contributed by atoms with Crippen molar-refractivity contribution < 1.29 is 4.39 Å². The maximum absolute atomic E-state index is 13.7. The van der Waals surface area contributed by atoms with Crippen molar-refractivity contribution in [2.75, 3.05) is 6.54 Å². The minimum Gasteiger partial charge on any atom is -0.330 e. The SMILES string of the molecule is CC(C)(CN)c1nn(-c2ccccc2F)cc1Br. The molecule has 96 valence electrons. The van der Waals surface area contributed by atoms with Crippen molar-refractivity contribution in [2.45, 2.75) is 19.3 Å². The van der Waals surface area contributed by atoms with E-state index in [0.717, 1.165) is 10.2 Å². The third-order valence-electron chi connectivity index (χ3n) is 2.92. The van der Waals surface area contributed by atoms with Crippen molar-refractivity contribution in [1.82, 2.24) is 9.78 Å². The quantitative estimate of drug-likeness (QED) is 0.947. The third-order valence-corrected chi connectivity index (χ3v) is 3.50. The van der Waals surface area contributed by atoms with Crippen LogP contribution in [-0.4, -0.2) is 16.3 Å². The van der Waals surface area contributed by atoms with E-state index in [1.54, 1.807) is 24.4 Å². The Kier molecular flexibility index (Phi) is 3.54. The molecule has 0 spiro atoms. The van der Waals surface area contributed by atoms with Crippen molar-refractivity contribution in [3.63, 3.8) is 0 Å². The Bertz CT molecular complexity index is 563. The van der Waals surface area contributed by atoms with E-state index >= 15 is 0 Å². The smallest absolute Gasteiger partial charge is 0.148 e. The highest BCUT2D eigenvalue weighted by Crippen LogP contribution is 2.29. The molecule has 3 nitrogen and oxygen atoms in total. The van der Waals surface area contributed by atoms with Crippen LogP contribution in [0.1, 0.15) is 19.5 Å². The summed E-state index contributed by atoms with van der Waals surface area (Å²) >= 11 is 3.45. The highest BCUT2D eigenvalue weighted by atomic mass is 79.9. The summed E-state index contributed by atoms with van der Waals surface area (Å²) in [6, 6.07) is 6.54. The third kappa shape index (κ3) is 2.33. The molecule has 0 aliphatic heterocycles. The molecule has 0 amide bonds. The van der Waals surface area contributed by atoms with E-state index in [4.69, 9.17) is 5.73 Å². The predicted molar refractivity (Wildman–Crippen MR) is 73.3 cm³/mol. The molecule has 2 aromatic rings. The summed E-state index contributed by atoms with van der Waals surface area (Å²) in [5, 5.41) is 4.43. The van der Waals surface area contributed by atoms with Crippen molar-refractivity contribution in [2.24, 2.45) is 5.73 Å². The summed E-state index contributed by atoms with van der Waals surface area (Å²) in [7, 11) is 0. The van der Waals surface area contributed by atoms with Crippen LogP contribution in [0.5, 0.6) is 0 Å². The first-order valence-corrected chi connectivity index (χ1v) is 6.45. The molecule has 1 heterocycles. The van der Waals surface area contributed by atoms with Gasteiger partial charge in [-0.1, -0.05) is 26.0 Å². The van der Waals surface area contributed by atoms with E-state index in [-0.39, 0.29) is 11.2 Å². The number of hydrogen-bond donors (Lipinski definition) is 1. The molecule has 2 N–H and O–H groups in total. The van der Waals surface area contributed by atoms with Crippen molar-refractivity contribution in [3.8, 4) is 5.69 Å². The maximum atomic E-state index is 13.7. The summed E-state index contributed by atoms with van der Waals surface area (Å²) in [6.45, 7) is 4.48. The molecule has 0 atom stereocenters. The Morgan fingerprint density at radius 2 is 2.06 bits per heavy atom. The summed E-state index contributed by atoms with van der Waals surface area (Å²) in [5.74, 6) is -0.301. The maximum Gasteiger partial charge on any atom is 0.148 e. The number of rotatable bonds is 3. The van der Waals surface area contributed by atoms with Gasteiger partial charge in [0, 0.05) is 18.2 Å². The molecule has 0 aliphatic rings. The monoisotopic (exact) mass is 311 g/mol. The fourth-order valence-corrected chi connectivity index (χ4v) is 2.48. The van der Waals surface area contributed by atoms with Crippen LogP contribution in [0.15, 0.2) is 34.9 Å². The molecule has 0 aliphatic carbocycles. The molecule has 1 aromatic heterocycles. The number of hydrogen-bond acceptors (Lipinski definition) is 2. The van der Waals surface area contributed by atoms with Gasteiger partial charge in [0.25, 0.3) is 0 Å². The highest BCUT2D eigenvalue weighted by molar-refractivity contribution is 9.10. The highest BCUT2D eigenvalue weighted by Gasteiger charge is 2.25. The van der Waals surface area contributed by atoms with Gasteiger partial charge < -0.3 is 5.73 Å². The van der Waals surface area contributed by atoms with Crippen LogP contribution in [0.3, 0.4) is 0 Å². The first-order chi connectivity index (χ1) is 8.45. The van der Waals surface area contributed by atoms with Crippen LogP contribution in [0.2, 0.25) is 0 Å². The van der Waals surface area contributed by atoms with Crippen LogP contribution in [-0.2, 0) is 5.41 Å². The molecule has 0 saturated carbocycles. The Morgan fingerprint density at radius 3 is 2.67 bits per heavy atom. The number of nitrogens with zero attached hydrogens (tertiary/aromatic N) is 2. The lowest BCUT2D eigenvalue weighted by atomic mass is 9.90. The van der Waals surface area contributed by atoms with Gasteiger partial charge >= 0.3 is 0 Å². The fourth-order valence-electron chi connectivity index (χ4n) is 1.67. The van der Waals surface area contributed by atoms with Gasteiger partial charge in [-0.15, -0.1) is 0 Å². The number of benzene rings is 1. The second-order valence-electron chi connectivity index (χ2n) is 4.81. The minimum atomic E-state index is -0.301. The van der Waals surface area contributed by atoms with E-state index in [9.17, 15) is 4.39 Å². The van der Waals surface area contributed by atoms with Crippen molar-refractivity contribution >= 4 is 15.9 Å². The largest absolute Gasteiger partial charge is 0.330 e. The lowest BCUT2D eigenvalue weighted by molar-refractivity contribution is 0.512. The van der Waals surface area contributed by atoms with Crippen LogP contribution in [0.4, 0.5) is 4.39 Å². The molecule has 18 heavy (non-hydrogen) atoms. The number of nitrogens with two attached hydrogens (primary N) is 1. The second-order valence-corrected chi connectivity index (χ2v) is 5.66. The van der Waals surface area contributed by atoms with Crippen LogP contribution in [0.25, 0.3) is 5.69 Å². The van der Waals surface area contributed by atoms with Crippen LogP contribution < -0.4 is 5.73 Å². The Balaban J connectivity index is 2.51. The van der Waals surface area contributed by atoms with E-state index in [1.165, 1.54) is 10.7 Å². The van der Waals surface area contributed by atoms with Crippen molar-refractivity contribution in [3.05, 3.63) is 46.4 Å². The zero-order valence-corrected chi connectivity index (χ0v) is 11.9. The topological polar surface area (TPSA) is 43.8 Å². The van der Waals surface area contributed by atoms with Gasteiger partial charge in [0.1, 0.15) is 11.5 Å². The molecular formula is C13H15BrFN3. The molecule has 0 bridgehead atoms. The molecule has 1 aromatic carbocycles. The summed E-state index contributed by atoms with van der Waals surface area (Å²) in [5.41, 5.74) is 6.74. The molecular weight excluding hydrogens is 297 g/mol. The van der Waals surface area contributed by atoms with Gasteiger partial charge in [0.15, 0.2) is 0 Å². The molecule has 0 saturated heterocycles. The van der Waals surface area contributed by atoms with Crippen molar-refractivity contribution in [1.29, 1.82) is 0 Å². The average molecular weight is 312 g/mol. The summed E-state index contributed by atoms with van der Waals surface area (Å²) in [6.07, 6.45) is 1.76. The van der Waals surface area contributed by atoms with Gasteiger partial charge in [-0.3, -0.25) is 0 Å². The zero-order valence-electron chi connectivity index (χ0n) is 10.3. The Morgan fingerprint density at radius 1 is 1.39 bits per heavy atom. The standard InChI is InChI=1S/C13H15BrFN3/c1-13(2,8-16)12-9(14)7-18(17-12)11-6-4-3-5-10(11)15/h3-7H,8,16H2,1-2H3. The predicted octanol–water partition coefficient (Wildman–Crippen LogP) is 3.01. The molecule has 0 unspecified atom stereocenters. The first-order valence-electron chi connectivity index (χ1n) is 5.66. The molecule has 0 radical (unpaired) electrons. The van der Waals surface area contributed by atoms with Gasteiger partial charge in [0.2, 0.25) is 0 Å². The lowest BCUT2D eigenvalue weighted by Gasteiger charge is -2.20. The zero-order chi connectivity index (χ0) is 13.3. The van der Waals surface area contributed by atoms with E-state index < -0.39 is 0 Å². The van der Waals surface area contributed by atoms with E-state index in [0.29, 0.717) is 12.2 Å². The van der Waals surface area contributed by atoms with E-state index in [2.05, 4.69) is 21.0 Å². The van der Waals surface area contributed by atoms with Gasteiger partial charge in [-0.05, 0) is 28.1 Å². The Labute approximate surface area is 114 Å². The molecule has 5 heteroatoms. The van der Waals surface area contributed by atoms with Gasteiger partial charge in [-0.2, -0.15) is 5.10 Å².